The van der Waals surface area contributed by atoms with Crippen LogP contribution in [0, 0.1) is 0 Å². The second kappa shape index (κ2) is 11.4. The predicted molar refractivity (Wildman–Crippen MR) is 119 cm³/mol. The van der Waals surface area contributed by atoms with Gasteiger partial charge in [-0.15, -0.1) is 0 Å². The third-order valence-corrected chi connectivity index (χ3v) is 6.69. The van der Waals surface area contributed by atoms with Crippen LogP contribution in [0.15, 0.2) is 93.5 Å². The fraction of sp³-hybridized carbons (Fsp3) is 0.240. The van der Waals surface area contributed by atoms with Crippen LogP contribution in [0.3, 0.4) is 0 Å². The van der Waals surface area contributed by atoms with E-state index in [0.29, 0.717) is 25.4 Å². The summed E-state index contributed by atoms with van der Waals surface area (Å²) >= 11 is 0. The van der Waals surface area contributed by atoms with Gasteiger partial charge in [-0.05, 0) is 55.5 Å². The van der Waals surface area contributed by atoms with Crippen molar-refractivity contribution in [3.63, 3.8) is 0 Å². The van der Waals surface area contributed by atoms with Gasteiger partial charge in [0.2, 0.25) is 0 Å². The van der Waals surface area contributed by atoms with Crippen molar-refractivity contribution in [2.24, 2.45) is 0 Å². The van der Waals surface area contributed by atoms with E-state index in [0.717, 1.165) is 26.9 Å². The maximum Gasteiger partial charge on any atom is 0.343 e. The number of hydrogen-bond acceptors (Lipinski definition) is 4. The molecule has 1 unspecified atom stereocenters. The molecular formula is C25H27O4S+. The average molecular weight is 424 g/mol. The maximum atomic E-state index is 12.6. The summed E-state index contributed by atoms with van der Waals surface area (Å²) in [7, 11) is 1.24. The molecule has 0 aliphatic carbocycles. The Morgan fingerprint density at radius 2 is 1.50 bits per heavy atom. The van der Waals surface area contributed by atoms with Crippen LogP contribution in [0.5, 0.6) is 5.75 Å². The zero-order chi connectivity index (χ0) is 21.2. The van der Waals surface area contributed by atoms with Crippen molar-refractivity contribution in [3.8, 4) is 5.75 Å². The summed E-state index contributed by atoms with van der Waals surface area (Å²) in [6.07, 6.45) is 0.847. The highest BCUT2D eigenvalue weighted by Crippen LogP contribution is 2.34. The smallest absolute Gasteiger partial charge is 0.343 e. The largest absolute Gasteiger partial charge is 0.494 e. The third-order valence-electron chi connectivity index (χ3n) is 4.40. The Bertz CT molecular complexity index is 925. The highest BCUT2D eigenvalue weighted by molar-refractivity contribution is 7.97. The molecule has 0 saturated heterocycles. The number of esters is 1. The number of carbonyl (C=O) groups is 1. The molecule has 5 heteroatoms. The molecule has 0 aliphatic heterocycles. The Hall–Kier alpha value is -2.76. The number of methoxy groups -OCH3 is 1. The van der Waals surface area contributed by atoms with Gasteiger partial charge in [0.15, 0.2) is 14.7 Å². The number of ether oxygens (including phenoxy) is 3. The number of carbonyl (C=O) groups excluding carboxylic acids is 1. The van der Waals surface area contributed by atoms with Crippen LogP contribution < -0.4 is 4.74 Å². The van der Waals surface area contributed by atoms with Crippen LogP contribution in [0.1, 0.15) is 23.7 Å². The van der Waals surface area contributed by atoms with E-state index >= 15 is 0 Å². The molecule has 30 heavy (non-hydrogen) atoms. The molecule has 4 nitrogen and oxygen atoms in total. The monoisotopic (exact) mass is 423 g/mol. The molecule has 0 radical (unpaired) electrons. The fourth-order valence-electron chi connectivity index (χ4n) is 3.03. The van der Waals surface area contributed by atoms with Crippen molar-refractivity contribution in [1.82, 2.24) is 0 Å². The second-order valence-electron chi connectivity index (χ2n) is 6.50. The molecule has 3 aromatic carbocycles. The zero-order valence-corrected chi connectivity index (χ0v) is 18.2. The first-order valence-corrected chi connectivity index (χ1v) is 11.2. The van der Waals surface area contributed by atoms with Gasteiger partial charge < -0.3 is 14.2 Å². The summed E-state index contributed by atoms with van der Waals surface area (Å²) in [4.78, 5) is 15.8. The van der Waals surface area contributed by atoms with Crippen molar-refractivity contribution >= 4 is 16.9 Å². The van der Waals surface area contributed by atoms with Crippen LogP contribution in [-0.2, 0) is 20.4 Å². The van der Waals surface area contributed by atoms with Crippen molar-refractivity contribution in [1.29, 1.82) is 0 Å². The van der Waals surface area contributed by atoms with Crippen molar-refractivity contribution in [3.05, 3.63) is 84.4 Å². The normalized spacial score (nSPS) is 11.7. The van der Waals surface area contributed by atoms with Crippen LogP contribution in [0.2, 0.25) is 0 Å². The molecule has 0 spiro atoms. The molecule has 0 aromatic heterocycles. The van der Waals surface area contributed by atoms with E-state index in [1.54, 1.807) is 7.11 Å². The van der Waals surface area contributed by atoms with Crippen LogP contribution in [0.4, 0.5) is 0 Å². The first kappa shape index (κ1) is 21.9. The minimum Gasteiger partial charge on any atom is -0.494 e. The second-order valence-corrected chi connectivity index (χ2v) is 8.50. The lowest BCUT2D eigenvalue weighted by atomic mass is 10.2. The van der Waals surface area contributed by atoms with Crippen molar-refractivity contribution in [2.75, 3.05) is 26.9 Å². The molecule has 1 atom stereocenters. The van der Waals surface area contributed by atoms with Gasteiger partial charge in [0.25, 0.3) is 0 Å². The quantitative estimate of drug-likeness (QED) is 0.250. The van der Waals surface area contributed by atoms with E-state index in [-0.39, 0.29) is 5.97 Å². The summed E-state index contributed by atoms with van der Waals surface area (Å²) in [6.45, 7) is 3.47. The molecular weight excluding hydrogens is 396 g/mol. The van der Waals surface area contributed by atoms with Gasteiger partial charge in [-0.2, -0.15) is 0 Å². The minimum absolute atomic E-state index is 0.292. The van der Waals surface area contributed by atoms with Gasteiger partial charge >= 0.3 is 5.97 Å². The van der Waals surface area contributed by atoms with Gasteiger partial charge in [0.1, 0.15) is 22.2 Å². The highest BCUT2D eigenvalue weighted by Gasteiger charge is 2.33. The van der Waals surface area contributed by atoms with Crippen LogP contribution in [0.25, 0.3) is 0 Å². The molecule has 0 aliphatic rings. The Morgan fingerprint density at radius 1 is 0.833 bits per heavy atom. The Kier molecular flexibility index (Phi) is 8.36. The van der Waals surface area contributed by atoms with Crippen LogP contribution in [-0.4, -0.2) is 32.9 Å². The Labute approximate surface area is 181 Å². The highest BCUT2D eigenvalue weighted by atomic mass is 32.2. The molecule has 0 amide bonds. The van der Waals surface area contributed by atoms with E-state index in [1.807, 2.05) is 61.5 Å². The van der Waals surface area contributed by atoms with Gasteiger partial charge in [0.05, 0.1) is 13.2 Å². The van der Waals surface area contributed by atoms with E-state index in [9.17, 15) is 4.79 Å². The summed E-state index contributed by atoms with van der Waals surface area (Å²) < 4.78 is 16.2. The molecule has 0 saturated carbocycles. The van der Waals surface area contributed by atoms with Crippen molar-refractivity contribution in [2.45, 2.75) is 28.0 Å². The van der Waals surface area contributed by atoms with Gasteiger partial charge in [-0.25, -0.2) is 4.79 Å². The Balaban J connectivity index is 1.95. The molecule has 156 valence electrons. The topological polar surface area (TPSA) is 44.8 Å². The van der Waals surface area contributed by atoms with Crippen LogP contribution >= 0.6 is 0 Å². The fourth-order valence-corrected chi connectivity index (χ4v) is 5.24. The van der Waals surface area contributed by atoms with Gasteiger partial charge in [-0.3, -0.25) is 0 Å². The standard InChI is InChI=1S/C25H27O4S/c1-3-28-25(26)23-12-7-8-13-24(23)30(21-10-5-4-6-11-21)22-16-14-20(15-17-22)29-19-9-18-27-2/h4-8,10-17H,3,9,18-19H2,1-2H3/q+1. The third kappa shape index (κ3) is 5.65. The molecule has 0 bridgehead atoms. The summed E-state index contributed by atoms with van der Waals surface area (Å²) in [6, 6.07) is 26.0. The SMILES string of the molecule is CCOC(=O)c1ccccc1[S+](c1ccccc1)c1ccc(OCCCOC)cc1. The molecule has 3 rings (SSSR count). The first-order chi connectivity index (χ1) is 14.7. The zero-order valence-electron chi connectivity index (χ0n) is 17.4. The molecule has 0 heterocycles. The summed E-state index contributed by atoms with van der Waals surface area (Å²) in [5.74, 6) is 0.532. The van der Waals surface area contributed by atoms with Gasteiger partial charge in [0, 0.05) is 20.1 Å². The summed E-state index contributed by atoms with van der Waals surface area (Å²) in [5, 5.41) is 0. The molecule has 0 fully saturated rings. The number of rotatable bonds is 10. The predicted octanol–water partition coefficient (Wildman–Crippen LogP) is 5.37. The van der Waals surface area contributed by atoms with E-state index in [1.165, 1.54) is 0 Å². The Morgan fingerprint density at radius 3 is 2.20 bits per heavy atom. The van der Waals surface area contributed by atoms with E-state index in [2.05, 4.69) is 24.3 Å². The van der Waals surface area contributed by atoms with Gasteiger partial charge in [-0.1, -0.05) is 30.3 Å². The molecule has 0 N–H and O–H groups in total. The maximum absolute atomic E-state index is 12.6. The van der Waals surface area contributed by atoms with Crippen molar-refractivity contribution < 1.29 is 19.0 Å². The summed E-state index contributed by atoms with van der Waals surface area (Å²) in [5.41, 5.74) is 0.603. The van der Waals surface area contributed by atoms with E-state index in [4.69, 9.17) is 14.2 Å². The van der Waals surface area contributed by atoms with E-state index < -0.39 is 10.9 Å². The first-order valence-electron chi connectivity index (χ1n) is 10.0. The minimum atomic E-state index is -0.444. The lowest BCUT2D eigenvalue weighted by molar-refractivity contribution is 0.0522. The number of benzene rings is 3. The number of hydrogen-bond donors (Lipinski definition) is 0. The lowest BCUT2D eigenvalue weighted by Crippen LogP contribution is -2.13. The average Bonchev–Trinajstić information content (AvgIpc) is 2.79. The lowest BCUT2D eigenvalue weighted by Gasteiger charge is -2.12. The molecule has 3 aromatic rings.